The third-order valence-electron chi connectivity index (χ3n) is 1.78. The first-order valence-electron chi connectivity index (χ1n) is 4.53. The summed E-state index contributed by atoms with van der Waals surface area (Å²) in [6.45, 7) is 6.09. The van der Waals surface area contributed by atoms with Crippen molar-refractivity contribution < 1.29 is 9.53 Å². The average molecular weight is 194 g/mol. The number of ether oxygens (including phenoxy) is 1. The molecule has 1 heterocycles. The van der Waals surface area contributed by atoms with Crippen LogP contribution in [0.3, 0.4) is 0 Å². The Morgan fingerprint density at radius 1 is 1.64 bits per heavy atom. The van der Waals surface area contributed by atoms with E-state index in [1.165, 1.54) is 11.0 Å². The van der Waals surface area contributed by atoms with Gasteiger partial charge in [-0.1, -0.05) is 0 Å². The van der Waals surface area contributed by atoms with Crippen LogP contribution in [0.1, 0.15) is 27.2 Å². The van der Waals surface area contributed by atoms with Gasteiger partial charge in [-0.3, -0.25) is 4.90 Å². The summed E-state index contributed by atoms with van der Waals surface area (Å²) >= 11 is 0. The van der Waals surface area contributed by atoms with Crippen molar-refractivity contribution in [2.75, 3.05) is 6.54 Å². The Morgan fingerprint density at radius 2 is 2.29 bits per heavy atom. The van der Waals surface area contributed by atoms with Crippen molar-refractivity contribution in [1.29, 1.82) is 5.26 Å². The minimum atomic E-state index is -0.482. The highest BCUT2D eigenvalue weighted by Crippen LogP contribution is 2.23. The molecule has 1 saturated heterocycles. The number of rotatable bonds is 0. The van der Waals surface area contributed by atoms with Crippen molar-refractivity contribution >= 4 is 6.09 Å². The maximum absolute atomic E-state index is 11.5. The molecule has 76 valence electrons. The molecule has 0 saturated carbocycles. The second kappa shape index (κ2) is 3.70. The molecule has 0 atom stereocenters. The first-order valence-corrected chi connectivity index (χ1v) is 4.53. The van der Waals surface area contributed by atoms with Crippen molar-refractivity contribution in [2.24, 2.45) is 0 Å². The van der Waals surface area contributed by atoms with Crippen LogP contribution in [0.15, 0.2) is 11.8 Å². The summed E-state index contributed by atoms with van der Waals surface area (Å²) in [7, 11) is 0. The maximum Gasteiger partial charge on any atom is 0.414 e. The molecule has 1 aliphatic rings. The molecule has 0 bridgehead atoms. The fraction of sp³-hybridized carbons (Fsp3) is 0.600. The van der Waals surface area contributed by atoms with Crippen LogP contribution < -0.4 is 0 Å². The lowest BCUT2D eigenvalue weighted by Crippen LogP contribution is -2.43. The van der Waals surface area contributed by atoms with E-state index in [0.29, 0.717) is 6.54 Å². The fourth-order valence-corrected chi connectivity index (χ4v) is 1.10. The van der Waals surface area contributed by atoms with Crippen molar-refractivity contribution in [2.45, 2.75) is 32.8 Å². The molecule has 1 aliphatic heterocycles. The fourth-order valence-electron chi connectivity index (χ4n) is 1.10. The van der Waals surface area contributed by atoms with E-state index in [-0.39, 0.29) is 6.09 Å². The minimum Gasteiger partial charge on any atom is -0.443 e. The molecule has 0 aliphatic carbocycles. The van der Waals surface area contributed by atoms with Crippen LogP contribution in [0.25, 0.3) is 0 Å². The molecule has 0 N–H and O–H groups in total. The van der Waals surface area contributed by atoms with E-state index in [9.17, 15) is 4.79 Å². The van der Waals surface area contributed by atoms with Crippen molar-refractivity contribution in [3.8, 4) is 6.07 Å². The predicted molar refractivity (Wildman–Crippen MR) is 51.3 cm³/mol. The molecule has 0 radical (unpaired) electrons. The Morgan fingerprint density at radius 3 is 2.64 bits per heavy atom. The van der Waals surface area contributed by atoms with E-state index < -0.39 is 5.60 Å². The van der Waals surface area contributed by atoms with Crippen LogP contribution in [0.2, 0.25) is 0 Å². The molecule has 0 spiro atoms. The predicted octanol–water partition coefficient (Wildman–Crippen LogP) is 2.03. The van der Waals surface area contributed by atoms with Crippen LogP contribution in [0, 0.1) is 11.3 Å². The van der Waals surface area contributed by atoms with Crippen LogP contribution in [-0.4, -0.2) is 23.1 Å². The molecule has 0 aromatic carbocycles. The van der Waals surface area contributed by atoms with Gasteiger partial charge in [-0.25, -0.2) is 4.79 Å². The van der Waals surface area contributed by atoms with Crippen molar-refractivity contribution in [1.82, 2.24) is 4.90 Å². The number of allylic oxidation sites excluding steroid dienone is 1. The summed E-state index contributed by atoms with van der Waals surface area (Å²) in [6, 6.07) is 1.91. The summed E-state index contributed by atoms with van der Waals surface area (Å²) in [5, 5.41) is 8.43. The van der Waals surface area contributed by atoms with Crippen molar-refractivity contribution in [3.05, 3.63) is 11.8 Å². The number of nitriles is 1. The van der Waals surface area contributed by atoms with E-state index in [4.69, 9.17) is 10.00 Å². The van der Waals surface area contributed by atoms with E-state index in [1.54, 1.807) is 0 Å². The van der Waals surface area contributed by atoms with Crippen LogP contribution in [0.4, 0.5) is 4.79 Å². The minimum absolute atomic E-state index is 0.370. The lowest BCUT2D eigenvalue weighted by Gasteiger charge is -2.35. The topological polar surface area (TPSA) is 53.3 Å². The highest BCUT2D eigenvalue weighted by Gasteiger charge is 2.30. The van der Waals surface area contributed by atoms with Gasteiger partial charge in [0.25, 0.3) is 0 Å². The Labute approximate surface area is 83.8 Å². The maximum atomic E-state index is 11.5. The molecule has 0 aromatic rings. The summed E-state index contributed by atoms with van der Waals surface area (Å²) in [5.41, 5.74) is 0.256. The monoisotopic (exact) mass is 194 g/mol. The summed E-state index contributed by atoms with van der Waals surface area (Å²) in [5.74, 6) is 0. The zero-order valence-electron chi connectivity index (χ0n) is 8.70. The van der Waals surface area contributed by atoms with Gasteiger partial charge in [-0.2, -0.15) is 5.26 Å². The van der Waals surface area contributed by atoms with Gasteiger partial charge in [-0.15, -0.1) is 0 Å². The summed E-state index contributed by atoms with van der Waals surface area (Å²) < 4.78 is 5.15. The zero-order valence-corrected chi connectivity index (χ0v) is 8.70. The number of likely N-dealkylation sites (tertiary alicyclic amines) is 1. The third kappa shape index (κ3) is 2.49. The Hall–Kier alpha value is -1.50. The van der Waals surface area contributed by atoms with Gasteiger partial charge < -0.3 is 4.74 Å². The van der Waals surface area contributed by atoms with E-state index in [1.807, 2.05) is 26.8 Å². The summed E-state index contributed by atoms with van der Waals surface area (Å²) in [6.07, 6.45) is 1.78. The van der Waals surface area contributed by atoms with Gasteiger partial charge in [-0.05, 0) is 20.8 Å². The molecular weight excluding hydrogens is 180 g/mol. The normalized spacial score (nSPS) is 18.7. The molecule has 0 unspecified atom stereocenters. The van der Waals surface area contributed by atoms with E-state index in [0.717, 1.165) is 12.1 Å². The SMILES string of the molecule is CC(C)(C)OC(=O)N1CC/C1=C/C#N. The van der Waals surface area contributed by atoms with Crippen LogP contribution >= 0.6 is 0 Å². The first-order chi connectivity index (χ1) is 6.44. The smallest absolute Gasteiger partial charge is 0.414 e. The van der Waals surface area contributed by atoms with Gasteiger partial charge >= 0.3 is 6.09 Å². The number of carbonyl (C=O) groups is 1. The van der Waals surface area contributed by atoms with Gasteiger partial charge in [0.2, 0.25) is 0 Å². The van der Waals surface area contributed by atoms with Gasteiger partial charge in [0.15, 0.2) is 0 Å². The molecule has 4 heteroatoms. The zero-order chi connectivity index (χ0) is 10.8. The molecule has 0 aromatic heterocycles. The third-order valence-corrected chi connectivity index (χ3v) is 1.78. The molecular formula is C10H14N2O2. The van der Waals surface area contributed by atoms with Gasteiger partial charge in [0.1, 0.15) is 5.60 Å². The standard InChI is InChI=1S/C10H14N2O2/c1-10(2,3)14-9(13)12-7-5-8(12)4-6-11/h4H,5,7H2,1-3H3/b8-4-. The Kier molecular flexibility index (Phi) is 2.80. The Balaban J connectivity index is 2.56. The highest BCUT2D eigenvalue weighted by molar-refractivity contribution is 5.72. The quantitative estimate of drug-likeness (QED) is 0.554. The number of hydrogen-bond donors (Lipinski definition) is 0. The lowest BCUT2D eigenvalue weighted by molar-refractivity contribution is 0.0236. The Bertz CT molecular complexity index is 307. The number of hydrogen-bond acceptors (Lipinski definition) is 3. The second-order valence-corrected chi connectivity index (χ2v) is 4.15. The first kappa shape index (κ1) is 10.6. The van der Waals surface area contributed by atoms with E-state index in [2.05, 4.69) is 0 Å². The van der Waals surface area contributed by atoms with Gasteiger partial charge in [0.05, 0.1) is 6.07 Å². The second-order valence-electron chi connectivity index (χ2n) is 4.15. The molecule has 1 amide bonds. The molecule has 1 fully saturated rings. The van der Waals surface area contributed by atoms with Gasteiger partial charge in [0, 0.05) is 24.7 Å². The molecule has 14 heavy (non-hydrogen) atoms. The number of carbonyl (C=O) groups excluding carboxylic acids is 1. The average Bonchev–Trinajstić information content (AvgIpc) is 1.93. The van der Waals surface area contributed by atoms with E-state index >= 15 is 0 Å². The van der Waals surface area contributed by atoms with Crippen LogP contribution in [-0.2, 0) is 4.74 Å². The van der Waals surface area contributed by atoms with Crippen LogP contribution in [0.5, 0.6) is 0 Å². The molecule has 4 nitrogen and oxygen atoms in total. The number of nitrogens with zero attached hydrogens (tertiary/aromatic N) is 2. The summed E-state index contributed by atoms with van der Waals surface area (Å²) in [4.78, 5) is 13.0. The lowest BCUT2D eigenvalue weighted by atomic mass is 10.1. The number of amides is 1. The van der Waals surface area contributed by atoms with Crippen molar-refractivity contribution in [3.63, 3.8) is 0 Å². The highest BCUT2D eigenvalue weighted by atomic mass is 16.6. The molecule has 1 rings (SSSR count). The largest absolute Gasteiger partial charge is 0.443 e.